The molecule has 0 saturated heterocycles. The number of alkyl halides is 2. The highest BCUT2D eigenvalue weighted by atomic mass is 19.3. The maximum absolute atomic E-state index is 13.0. The van der Waals surface area contributed by atoms with Crippen molar-refractivity contribution in [3.8, 4) is 0 Å². The molecule has 0 aliphatic rings. The molecule has 0 fully saturated rings. The zero-order valence-electron chi connectivity index (χ0n) is 7.35. The Kier molecular flexibility index (Phi) is 2.51. The molecule has 2 nitrogen and oxygen atoms in total. The van der Waals surface area contributed by atoms with E-state index in [2.05, 4.69) is 5.73 Å². The van der Waals surface area contributed by atoms with Gasteiger partial charge in [0.25, 0.3) is 5.91 Å². The van der Waals surface area contributed by atoms with Gasteiger partial charge in [-0.25, -0.2) is 4.39 Å². The predicted molar refractivity (Wildman–Crippen MR) is 44.2 cm³/mol. The van der Waals surface area contributed by atoms with Gasteiger partial charge >= 0.3 is 5.92 Å². The summed E-state index contributed by atoms with van der Waals surface area (Å²) in [7, 11) is 0. The monoisotopic (exact) mass is 203 g/mol. The van der Waals surface area contributed by atoms with Gasteiger partial charge in [-0.05, 0) is 30.7 Å². The van der Waals surface area contributed by atoms with Crippen molar-refractivity contribution in [1.29, 1.82) is 0 Å². The molecule has 0 unspecified atom stereocenters. The molecular formula is C9H8F3NO. The Morgan fingerprint density at radius 1 is 1.43 bits per heavy atom. The number of hydrogen-bond donors (Lipinski definition) is 1. The Morgan fingerprint density at radius 3 is 2.43 bits per heavy atom. The fraction of sp³-hybridized carbons (Fsp3) is 0.222. The third-order valence-electron chi connectivity index (χ3n) is 1.83. The summed E-state index contributed by atoms with van der Waals surface area (Å²) >= 11 is 0. The second kappa shape index (κ2) is 3.32. The number of nitrogens with two attached hydrogens (primary N) is 1. The highest BCUT2D eigenvalue weighted by Gasteiger charge is 2.38. The number of aryl methyl sites for hydroxylation is 1. The summed E-state index contributed by atoms with van der Waals surface area (Å²) < 4.78 is 38.7. The Balaban J connectivity index is 3.21. The molecule has 2 N–H and O–H groups in total. The molecule has 1 rings (SSSR count). The fourth-order valence-corrected chi connectivity index (χ4v) is 0.982. The highest BCUT2D eigenvalue weighted by Crippen LogP contribution is 2.28. The summed E-state index contributed by atoms with van der Waals surface area (Å²) in [5.74, 6) is -6.10. The molecular weight excluding hydrogens is 195 g/mol. The van der Waals surface area contributed by atoms with Crippen LogP contribution in [0.3, 0.4) is 0 Å². The van der Waals surface area contributed by atoms with E-state index in [1.54, 1.807) is 0 Å². The van der Waals surface area contributed by atoms with Crippen molar-refractivity contribution in [3.63, 3.8) is 0 Å². The maximum Gasteiger partial charge on any atom is 0.349 e. The molecule has 0 atom stereocenters. The van der Waals surface area contributed by atoms with Crippen LogP contribution in [-0.2, 0) is 10.7 Å². The van der Waals surface area contributed by atoms with Crippen LogP contribution in [0.1, 0.15) is 11.1 Å². The van der Waals surface area contributed by atoms with E-state index in [4.69, 9.17) is 0 Å². The predicted octanol–water partition coefficient (Wildman–Crippen LogP) is 1.71. The quantitative estimate of drug-likeness (QED) is 0.781. The van der Waals surface area contributed by atoms with Crippen molar-refractivity contribution in [2.75, 3.05) is 0 Å². The third kappa shape index (κ3) is 1.71. The molecule has 5 heteroatoms. The minimum Gasteiger partial charge on any atom is -0.364 e. The fourth-order valence-electron chi connectivity index (χ4n) is 0.982. The standard InChI is InChI=1S/C9H8F3NO/c1-5-4-6(2-3-7(5)10)9(11,12)8(13)14/h2-4H,1H3,(H2,13,14). The van der Waals surface area contributed by atoms with Gasteiger partial charge in [0.1, 0.15) is 5.82 Å². The first kappa shape index (κ1) is 10.6. The van der Waals surface area contributed by atoms with E-state index in [1.807, 2.05) is 0 Å². The molecule has 0 radical (unpaired) electrons. The molecule has 76 valence electrons. The lowest BCUT2D eigenvalue weighted by Crippen LogP contribution is -2.32. The van der Waals surface area contributed by atoms with Gasteiger partial charge in [-0.3, -0.25) is 4.79 Å². The first-order valence-corrected chi connectivity index (χ1v) is 3.80. The lowest BCUT2D eigenvalue weighted by molar-refractivity contribution is -0.143. The molecule has 0 aliphatic heterocycles. The van der Waals surface area contributed by atoms with E-state index in [0.717, 1.165) is 18.2 Å². The number of benzene rings is 1. The maximum atomic E-state index is 13.0. The average Bonchev–Trinajstić information content (AvgIpc) is 2.09. The van der Waals surface area contributed by atoms with Crippen LogP contribution in [0.4, 0.5) is 13.2 Å². The second-order valence-electron chi connectivity index (χ2n) is 2.90. The van der Waals surface area contributed by atoms with Crippen LogP contribution in [0, 0.1) is 12.7 Å². The number of amides is 1. The number of rotatable bonds is 2. The van der Waals surface area contributed by atoms with Crippen LogP contribution in [-0.4, -0.2) is 5.91 Å². The molecule has 0 aliphatic carbocycles. The summed E-state index contributed by atoms with van der Waals surface area (Å²) in [6.45, 7) is 1.33. The summed E-state index contributed by atoms with van der Waals surface area (Å²) in [5, 5.41) is 0. The summed E-state index contributed by atoms with van der Waals surface area (Å²) in [5.41, 5.74) is 3.96. The van der Waals surface area contributed by atoms with Crippen molar-refractivity contribution in [2.24, 2.45) is 5.73 Å². The van der Waals surface area contributed by atoms with Crippen LogP contribution < -0.4 is 5.73 Å². The number of hydrogen-bond acceptors (Lipinski definition) is 1. The number of carbonyl (C=O) groups is 1. The molecule has 1 aromatic carbocycles. The van der Waals surface area contributed by atoms with Crippen LogP contribution in [0.2, 0.25) is 0 Å². The Morgan fingerprint density at radius 2 is 2.00 bits per heavy atom. The highest BCUT2D eigenvalue weighted by molar-refractivity contribution is 5.83. The van der Waals surface area contributed by atoms with E-state index in [1.165, 1.54) is 6.92 Å². The van der Waals surface area contributed by atoms with Crippen LogP contribution in [0.25, 0.3) is 0 Å². The van der Waals surface area contributed by atoms with Gasteiger partial charge in [0.2, 0.25) is 0 Å². The van der Waals surface area contributed by atoms with Crippen LogP contribution >= 0.6 is 0 Å². The summed E-state index contributed by atoms with van der Waals surface area (Å²) in [6.07, 6.45) is 0. The van der Waals surface area contributed by atoms with E-state index in [-0.39, 0.29) is 5.56 Å². The van der Waals surface area contributed by atoms with Crippen molar-refractivity contribution < 1.29 is 18.0 Å². The normalized spacial score (nSPS) is 11.4. The SMILES string of the molecule is Cc1cc(C(F)(F)C(N)=O)ccc1F. The van der Waals surface area contributed by atoms with E-state index >= 15 is 0 Å². The van der Waals surface area contributed by atoms with Gasteiger partial charge in [0.05, 0.1) is 0 Å². The molecule has 0 heterocycles. The Labute approximate surface area is 78.5 Å². The van der Waals surface area contributed by atoms with Crippen molar-refractivity contribution in [3.05, 3.63) is 35.1 Å². The smallest absolute Gasteiger partial charge is 0.349 e. The third-order valence-corrected chi connectivity index (χ3v) is 1.83. The van der Waals surface area contributed by atoms with Gasteiger partial charge < -0.3 is 5.73 Å². The van der Waals surface area contributed by atoms with Crippen molar-refractivity contribution in [2.45, 2.75) is 12.8 Å². The molecule has 1 aromatic rings. The van der Waals surface area contributed by atoms with Gasteiger partial charge in [-0.15, -0.1) is 0 Å². The Bertz CT molecular complexity index is 376. The lowest BCUT2D eigenvalue weighted by atomic mass is 10.1. The van der Waals surface area contributed by atoms with Gasteiger partial charge in [0.15, 0.2) is 0 Å². The topological polar surface area (TPSA) is 43.1 Å². The average molecular weight is 203 g/mol. The molecule has 14 heavy (non-hydrogen) atoms. The molecule has 0 spiro atoms. The molecule has 0 saturated carbocycles. The van der Waals surface area contributed by atoms with E-state index in [9.17, 15) is 18.0 Å². The van der Waals surface area contributed by atoms with E-state index in [0.29, 0.717) is 0 Å². The first-order chi connectivity index (χ1) is 6.35. The zero-order chi connectivity index (χ0) is 10.9. The summed E-state index contributed by atoms with van der Waals surface area (Å²) in [4.78, 5) is 10.4. The lowest BCUT2D eigenvalue weighted by Gasteiger charge is -2.12. The van der Waals surface area contributed by atoms with Crippen LogP contribution in [0.15, 0.2) is 18.2 Å². The van der Waals surface area contributed by atoms with Crippen molar-refractivity contribution in [1.82, 2.24) is 0 Å². The van der Waals surface area contributed by atoms with Crippen molar-refractivity contribution >= 4 is 5.91 Å². The number of carbonyl (C=O) groups excluding carboxylic acids is 1. The number of primary amides is 1. The summed E-state index contributed by atoms with van der Waals surface area (Å²) in [6, 6.07) is 2.62. The second-order valence-corrected chi connectivity index (χ2v) is 2.90. The van der Waals surface area contributed by atoms with Gasteiger partial charge in [0, 0.05) is 5.56 Å². The van der Waals surface area contributed by atoms with Crippen LogP contribution in [0.5, 0.6) is 0 Å². The van der Waals surface area contributed by atoms with E-state index < -0.39 is 23.2 Å². The molecule has 0 bridgehead atoms. The Hall–Kier alpha value is -1.52. The number of halogens is 3. The first-order valence-electron chi connectivity index (χ1n) is 3.80. The zero-order valence-corrected chi connectivity index (χ0v) is 7.35. The minimum atomic E-state index is -3.75. The minimum absolute atomic E-state index is 0.0448. The van der Waals surface area contributed by atoms with Gasteiger partial charge in [-0.2, -0.15) is 8.78 Å². The molecule has 0 aromatic heterocycles. The molecule has 1 amide bonds. The van der Waals surface area contributed by atoms with Gasteiger partial charge in [-0.1, -0.05) is 0 Å². The largest absolute Gasteiger partial charge is 0.364 e.